The zero-order chi connectivity index (χ0) is 21.4. The molecule has 2 bridgehead atoms. The summed E-state index contributed by atoms with van der Waals surface area (Å²) in [5.41, 5.74) is 2.91. The number of aromatic nitrogens is 2. The number of pyridine rings is 2. The number of aryl methyl sites for hydroxylation is 1. The van der Waals surface area contributed by atoms with Gasteiger partial charge in [0.2, 0.25) is 5.43 Å². The average Bonchev–Trinajstić information content (AvgIpc) is 2.82. The van der Waals surface area contributed by atoms with Crippen molar-refractivity contribution in [2.75, 3.05) is 18.2 Å². The molecule has 7 nitrogen and oxygen atoms in total. The van der Waals surface area contributed by atoms with Crippen molar-refractivity contribution in [2.45, 2.75) is 31.7 Å². The van der Waals surface area contributed by atoms with E-state index in [1.807, 2.05) is 18.2 Å². The molecule has 3 aromatic rings. The van der Waals surface area contributed by atoms with Crippen LogP contribution in [0.2, 0.25) is 0 Å². The van der Waals surface area contributed by atoms with E-state index in [-0.39, 0.29) is 17.6 Å². The summed E-state index contributed by atoms with van der Waals surface area (Å²) in [5.74, 6) is -0.814. The van der Waals surface area contributed by atoms with Crippen molar-refractivity contribution in [3.05, 3.63) is 93.7 Å². The molecule has 2 aliphatic heterocycles. The first-order valence-electron chi connectivity index (χ1n) is 10.6. The number of carbonyl (C=O) groups excluding carboxylic acids is 1. The number of aromatic hydroxyl groups is 1. The molecule has 1 atom stereocenters. The third kappa shape index (κ3) is 3.36. The molecular weight excluding hydrogens is 392 g/mol. The predicted molar refractivity (Wildman–Crippen MR) is 117 cm³/mol. The minimum Gasteiger partial charge on any atom is -0.502 e. The predicted octanol–water partition coefficient (Wildman–Crippen LogP) is 2.82. The van der Waals surface area contributed by atoms with Crippen LogP contribution in [0.25, 0.3) is 0 Å². The van der Waals surface area contributed by atoms with Crippen LogP contribution < -0.4 is 10.4 Å². The first-order valence-corrected chi connectivity index (χ1v) is 10.6. The number of fused-ring (bicyclic) bond motifs is 5. The summed E-state index contributed by atoms with van der Waals surface area (Å²) in [7, 11) is 0. The summed E-state index contributed by atoms with van der Waals surface area (Å²) < 4.78 is 1.65. The number of hydrogen-bond acceptors (Lipinski definition) is 5. The van der Waals surface area contributed by atoms with Crippen LogP contribution >= 0.6 is 0 Å². The molecule has 1 N–H and O–H groups in total. The van der Waals surface area contributed by atoms with E-state index in [2.05, 4.69) is 28.2 Å². The van der Waals surface area contributed by atoms with Crippen LogP contribution in [0.15, 0.2) is 65.8 Å². The highest BCUT2D eigenvalue weighted by Crippen LogP contribution is 2.34. The molecular formula is C24H24N4O3. The zero-order valence-electron chi connectivity index (χ0n) is 17.1. The van der Waals surface area contributed by atoms with E-state index < -0.39 is 11.2 Å². The maximum atomic E-state index is 13.2. The molecule has 7 heteroatoms. The zero-order valence-corrected chi connectivity index (χ0v) is 17.1. The van der Waals surface area contributed by atoms with Crippen molar-refractivity contribution in [3.63, 3.8) is 0 Å². The summed E-state index contributed by atoms with van der Waals surface area (Å²) in [5, 5.41) is 12.6. The first kappa shape index (κ1) is 19.4. The van der Waals surface area contributed by atoms with Crippen LogP contribution in [0.5, 0.6) is 5.75 Å². The van der Waals surface area contributed by atoms with Gasteiger partial charge in [-0.05, 0) is 48.1 Å². The molecule has 0 aliphatic carbocycles. The summed E-state index contributed by atoms with van der Waals surface area (Å²) in [6.07, 6.45) is 8.99. The van der Waals surface area contributed by atoms with Crippen molar-refractivity contribution >= 4 is 5.91 Å². The van der Waals surface area contributed by atoms with Gasteiger partial charge >= 0.3 is 0 Å². The fourth-order valence-electron chi connectivity index (χ4n) is 4.65. The van der Waals surface area contributed by atoms with E-state index in [1.165, 1.54) is 11.6 Å². The van der Waals surface area contributed by atoms with Crippen LogP contribution in [-0.2, 0) is 6.42 Å². The lowest BCUT2D eigenvalue weighted by Gasteiger charge is -2.44. The molecule has 0 radical (unpaired) electrons. The van der Waals surface area contributed by atoms with Gasteiger partial charge in [-0.15, -0.1) is 0 Å². The second-order valence-corrected chi connectivity index (χ2v) is 8.06. The summed E-state index contributed by atoms with van der Waals surface area (Å²) >= 11 is 0. The van der Waals surface area contributed by atoms with Gasteiger partial charge in [-0.25, -0.2) is 0 Å². The molecule has 2 aliphatic rings. The summed E-state index contributed by atoms with van der Waals surface area (Å²) in [4.78, 5) is 31.3. The van der Waals surface area contributed by atoms with Crippen LogP contribution in [0.1, 0.15) is 52.5 Å². The molecule has 4 heterocycles. The molecule has 1 amide bonds. The molecule has 0 saturated heterocycles. The van der Waals surface area contributed by atoms with Crippen molar-refractivity contribution in [1.82, 2.24) is 14.6 Å². The number of amides is 1. The second-order valence-electron chi connectivity index (χ2n) is 8.06. The van der Waals surface area contributed by atoms with Crippen molar-refractivity contribution in [2.24, 2.45) is 0 Å². The molecule has 0 spiro atoms. The average molecular weight is 416 g/mol. The van der Waals surface area contributed by atoms with E-state index >= 15 is 0 Å². The minimum absolute atomic E-state index is 0.0227. The molecule has 0 saturated carbocycles. The maximum absolute atomic E-state index is 13.2. The Morgan fingerprint density at radius 3 is 2.61 bits per heavy atom. The Morgan fingerprint density at radius 1 is 0.968 bits per heavy atom. The highest BCUT2D eigenvalue weighted by atomic mass is 16.3. The van der Waals surface area contributed by atoms with E-state index in [0.717, 1.165) is 36.8 Å². The lowest BCUT2D eigenvalue weighted by Crippen LogP contribution is -2.55. The van der Waals surface area contributed by atoms with Crippen LogP contribution in [0.3, 0.4) is 0 Å². The topological polar surface area (TPSA) is 78.7 Å². The molecule has 0 fully saturated rings. The highest BCUT2D eigenvalue weighted by molar-refractivity contribution is 5.96. The summed E-state index contributed by atoms with van der Waals surface area (Å²) in [6.45, 7) is 0.937. The van der Waals surface area contributed by atoms with Gasteiger partial charge in [-0.2, -0.15) is 0 Å². The first-order chi connectivity index (χ1) is 15.1. The molecule has 2 aromatic heterocycles. The third-order valence-corrected chi connectivity index (χ3v) is 6.18. The Bertz CT molecular complexity index is 1170. The molecule has 0 unspecified atom stereocenters. The summed E-state index contributed by atoms with van der Waals surface area (Å²) in [6, 6.07) is 13.4. The third-order valence-electron chi connectivity index (χ3n) is 6.18. The Balaban J connectivity index is 1.78. The number of carbonyl (C=O) groups is 1. The van der Waals surface area contributed by atoms with Gasteiger partial charge in [0.25, 0.3) is 5.91 Å². The van der Waals surface area contributed by atoms with Crippen LogP contribution in [0, 0.1) is 0 Å². The van der Waals surface area contributed by atoms with Gasteiger partial charge in [0.05, 0.1) is 6.04 Å². The Labute approximate surface area is 180 Å². The van der Waals surface area contributed by atoms with E-state index in [0.29, 0.717) is 13.2 Å². The number of benzene rings is 1. The van der Waals surface area contributed by atoms with Gasteiger partial charge in [0, 0.05) is 31.2 Å². The quantitative estimate of drug-likeness (QED) is 0.660. The fourth-order valence-corrected chi connectivity index (χ4v) is 4.65. The van der Waals surface area contributed by atoms with Gasteiger partial charge < -0.3 is 10.0 Å². The maximum Gasteiger partial charge on any atom is 0.277 e. The van der Waals surface area contributed by atoms with Crippen molar-refractivity contribution in [1.29, 1.82) is 0 Å². The number of nitrogens with zero attached hydrogens (tertiary/aromatic N) is 4. The fraction of sp³-hybridized carbons (Fsp3) is 0.292. The molecule has 158 valence electrons. The largest absolute Gasteiger partial charge is 0.502 e. The van der Waals surface area contributed by atoms with Gasteiger partial charge in [0.15, 0.2) is 11.4 Å². The van der Waals surface area contributed by atoms with Crippen molar-refractivity contribution < 1.29 is 9.90 Å². The van der Waals surface area contributed by atoms with Gasteiger partial charge in [-0.1, -0.05) is 30.7 Å². The van der Waals surface area contributed by atoms with E-state index in [1.54, 1.807) is 28.2 Å². The lowest BCUT2D eigenvalue weighted by atomic mass is 9.92. The smallest absolute Gasteiger partial charge is 0.277 e. The Morgan fingerprint density at radius 2 is 1.77 bits per heavy atom. The number of hydrogen-bond donors (Lipinski definition) is 1. The lowest BCUT2D eigenvalue weighted by molar-refractivity contribution is 0.0677. The normalized spacial score (nSPS) is 18.7. The molecule has 5 rings (SSSR count). The number of rotatable bonds is 1. The van der Waals surface area contributed by atoms with Crippen molar-refractivity contribution in [3.8, 4) is 5.75 Å². The van der Waals surface area contributed by atoms with Gasteiger partial charge in [-0.3, -0.25) is 24.3 Å². The molecule has 1 aromatic carbocycles. The van der Waals surface area contributed by atoms with E-state index in [4.69, 9.17) is 0 Å². The Hall–Kier alpha value is -3.61. The van der Waals surface area contributed by atoms with Crippen LogP contribution in [0.4, 0.5) is 0 Å². The molecule has 31 heavy (non-hydrogen) atoms. The SMILES string of the molecule is O=C1c2c(O)c(=O)ccn2N2CN1CCCCCc1ccccc1[C@@H]2c1ccncc1. The van der Waals surface area contributed by atoms with E-state index in [9.17, 15) is 14.7 Å². The highest BCUT2D eigenvalue weighted by Gasteiger charge is 2.37. The van der Waals surface area contributed by atoms with Gasteiger partial charge in [0.1, 0.15) is 6.67 Å². The Kier molecular flexibility index (Phi) is 4.94. The van der Waals surface area contributed by atoms with Crippen LogP contribution in [-0.4, -0.2) is 38.8 Å². The standard InChI is InChI=1S/C24H24N4O3/c29-20-11-15-27-22(23(20)30)24(31)26-14-5-1-2-6-17-7-3-4-8-19(17)21(28(27)16-26)18-9-12-25-13-10-18/h3-4,7-13,15,21,30H,1-2,5-6,14,16H2/t21-/m0/s1. The second kappa shape index (κ2) is 7.91. The monoisotopic (exact) mass is 416 g/mol. The minimum atomic E-state index is -0.549.